The third-order valence-electron chi connectivity index (χ3n) is 4.49. The normalized spacial score (nSPS) is 13.8. The molecular weight excluding hydrogens is 348 g/mol. The first kappa shape index (κ1) is 18.7. The van der Waals surface area contributed by atoms with Gasteiger partial charge in [-0.3, -0.25) is 9.59 Å². The Labute approximate surface area is 156 Å². The summed E-state index contributed by atoms with van der Waals surface area (Å²) >= 11 is 0. The lowest BCUT2D eigenvalue weighted by atomic mass is 10.0. The van der Waals surface area contributed by atoms with Crippen molar-refractivity contribution in [2.75, 3.05) is 25.5 Å². The number of aliphatic hydroxyl groups excluding tert-OH is 1. The minimum absolute atomic E-state index is 0.0279. The van der Waals surface area contributed by atoms with Gasteiger partial charge in [0.15, 0.2) is 0 Å². The molecule has 3 N–H and O–H groups in total. The van der Waals surface area contributed by atoms with Crippen molar-refractivity contribution >= 4 is 17.6 Å². The van der Waals surface area contributed by atoms with Crippen molar-refractivity contribution in [3.8, 4) is 11.1 Å². The van der Waals surface area contributed by atoms with Crippen LogP contribution in [0.5, 0.6) is 0 Å². The molecule has 0 radical (unpaired) electrons. The maximum atomic E-state index is 12.2. The van der Waals surface area contributed by atoms with E-state index in [-0.39, 0.29) is 23.6 Å². The lowest BCUT2D eigenvalue weighted by Gasteiger charge is -2.36. The molecule has 1 aromatic carbocycles. The molecular formula is C19H22N4O4. The zero-order chi connectivity index (χ0) is 19.6. The molecule has 1 saturated heterocycles. The highest BCUT2D eigenvalue weighted by Crippen LogP contribution is 2.22. The van der Waals surface area contributed by atoms with Gasteiger partial charge in [-0.1, -0.05) is 24.3 Å². The van der Waals surface area contributed by atoms with Gasteiger partial charge in [0.25, 0.3) is 5.56 Å². The molecule has 2 aromatic rings. The van der Waals surface area contributed by atoms with E-state index in [2.05, 4.69) is 10.6 Å². The summed E-state index contributed by atoms with van der Waals surface area (Å²) in [6, 6.07) is 8.62. The van der Waals surface area contributed by atoms with Gasteiger partial charge in [-0.2, -0.15) is 0 Å². The van der Waals surface area contributed by atoms with Gasteiger partial charge in [0.1, 0.15) is 5.69 Å². The second-order valence-electron chi connectivity index (χ2n) is 6.59. The molecule has 0 saturated carbocycles. The van der Waals surface area contributed by atoms with Gasteiger partial charge in [-0.25, -0.2) is 4.79 Å². The minimum Gasteiger partial charge on any atom is -0.389 e. The number of carbonyl (C=O) groups excluding carboxylic acids is 2. The number of aryl methyl sites for hydroxylation is 1. The van der Waals surface area contributed by atoms with Crippen LogP contribution in [0, 0.1) is 0 Å². The number of nitrogens with zero attached hydrogens (tertiary/aromatic N) is 2. The van der Waals surface area contributed by atoms with E-state index in [1.54, 1.807) is 24.2 Å². The van der Waals surface area contributed by atoms with Crippen LogP contribution >= 0.6 is 0 Å². The number of hydrogen-bond acceptors (Lipinski definition) is 4. The predicted octanol–water partition coefficient (Wildman–Crippen LogP) is 0.549. The largest absolute Gasteiger partial charge is 0.389 e. The van der Waals surface area contributed by atoms with E-state index >= 15 is 0 Å². The minimum atomic E-state index is -0.472. The number of aliphatic hydroxyl groups is 1. The number of carbonyl (C=O) groups is 2. The van der Waals surface area contributed by atoms with Gasteiger partial charge in [0.2, 0.25) is 5.91 Å². The molecule has 27 heavy (non-hydrogen) atoms. The zero-order valence-electron chi connectivity index (χ0n) is 15.2. The second kappa shape index (κ2) is 7.63. The van der Waals surface area contributed by atoms with E-state index in [0.29, 0.717) is 13.1 Å². The van der Waals surface area contributed by atoms with Crippen LogP contribution in [0.2, 0.25) is 0 Å². The summed E-state index contributed by atoms with van der Waals surface area (Å²) in [6.45, 7) is 0.766. The summed E-state index contributed by atoms with van der Waals surface area (Å²) in [4.78, 5) is 37.6. The highest BCUT2D eigenvalue weighted by Gasteiger charge is 2.28. The number of urea groups is 1. The van der Waals surface area contributed by atoms with Crippen LogP contribution in [0.25, 0.3) is 11.1 Å². The summed E-state index contributed by atoms with van der Waals surface area (Å²) in [7, 11) is 3.09. The van der Waals surface area contributed by atoms with Crippen molar-refractivity contribution in [1.82, 2.24) is 14.8 Å². The van der Waals surface area contributed by atoms with Crippen molar-refractivity contribution in [3.63, 3.8) is 0 Å². The van der Waals surface area contributed by atoms with E-state index in [4.69, 9.17) is 0 Å². The molecule has 0 atom stereocenters. The van der Waals surface area contributed by atoms with Gasteiger partial charge >= 0.3 is 6.03 Å². The Balaban J connectivity index is 1.85. The highest BCUT2D eigenvalue weighted by molar-refractivity contribution is 5.89. The number of amides is 3. The summed E-state index contributed by atoms with van der Waals surface area (Å²) in [5.74, 6) is -0.0279. The lowest BCUT2D eigenvalue weighted by molar-refractivity contribution is -0.140. The van der Waals surface area contributed by atoms with Crippen LogP contribution in [0.3, 0.4) is 0 Å². The number of anilines is 1. The molecule has 1 aromatic heterocycles. The Morgan fingerprint density at radius 3 is 2.63 bits per heavy atom. The van der Waals surface area contributed by atoms with Crippen molar-refractivity contribution < 1.29 is 14.7 Å². The van der Waals surface area contributed by atoms with E-state index in [9.17, 15) is 19.5 Å². The van der Waals surface area contributed by atoms with Gasteiger partial charge in [-0.05, 0) is 17.2 Å². The quantitative estimate of drug-likeness (QED) is 0.731. The first-order valence-electron chi connectivity index (χ1n) is 8.62. The standard InChI is InChI=1S/C19H22N4O4/c1-20-19(27)21-16-8-14(9-22(2)18(16)26)13-5-3-4-12(6-13)7-17(25)23-10-15(24)11-23/h3-6,8-9,15,24H,7,10-11H2,1-2H3,(H2,20,21,27). The summed E-state index contributed by atoms with van der Waals surface area (Å²) in [5, 5.41) is 14.3. The molecule has 0 unspecified atom stereocenters. The van der Waals surface area contributed by atoms with Gasteiger partial charge in [-0.15, -0.1) is 0 Å². The molecule has 142 valence electrons. The predicted molar refractivity (Wildman–Crippen MR) is 101 cm³/mol. The molecule has 1 aliphatic heterocycles. The average Bonchev–Trinajstić information content (AvgIpc) is 2.62. The van der Waals surface area contributed by atoms with Crippen LogP contribution in [0.4, 0.5) is 10.5 Å². The third-order valence-corrected chi connectivity index (χ3v) is 4.49. The number of benzene rings is 1. The molecule has 0 bridgehead atoms. The first-order chi connectivity index (χ1) is 12.9. The number of nitrogens with one attached hydrogen (secondary N) is 2. The number of rotatable bonds is 4. The number of pyridine rings is 1. The van der Waals surface area contributed by atoms with Crippen molar-refractivity contribution in [2.45, 2.75) is 12.5 Å². The molecule has 2 heterocycles. The van der Waals surface area contributed by atoms with Crippen molar-refractivity contribution in [3.05, 3.63) is 52.4 Å². The van der Waals surface area contributed by atoms with E-state index in [0.717, 1.165) is 16.7 Å². The zero-order valence-corrected chi connectivity index (χ0v) is 15.2. The van der Waals surface area contributed by atoms with Crippen LogP contribution in [-0.4, -0.2) is 52.8 Å². The lowest BCUT2D eigenvalue weighted by Crippen LogP contribution is -2.53. The fraction of sp³-hybridized carbons (Fsp3) is 0.316. The topological polar surface area (TPSA) is 104 Å². The second-order valence-corrected chi connectivity index (χ2v) is 6.59. The Morgan fingerprint density at radius 2 is 1.96 bits per heavy atom. The molecule has 1 aliphatic rings. The smallest absolute Gasteiger partial charge is 0.319 e. The van der Waals surface area contributed by atoms with E-state index < -0.39 is 12.1 Å². The molecule has 3 rings (SSSR count). The van der Waals surface area contributed by atoms with Crippen LogP contribution in [0.15, 0.2) is 41.3 Å². The highest BCUT2D eigenvalue weighted by atomic mass is 16.3. The maximum absolute atomic E-state index is 12.2. The molecule has 8 heteroatoms. The van der Waals surface area contributed by atoms with Crippen LogP contribution in [0.1, 0.15) is 5.56 Å². The monoisotopic (exact) mass is 370 g/mol. The van der Waals surface area contributed by atoms with Gasteiger partial charge in [0.05, 0.1) is 12.5 Å². The summed E-state index contributed by atoms with van der Waals surface area (Å²) < 4.78 is 1.40. The summed E-state index contributed by atoms with van der Waals surface area (Å²) in [6.07, 6.45) is 1.51. The molecule has 8 nitrogen and oxygen atoms in total. The van der Waals surface area contributed by atoms with E-state index in [1.807, 2.05) is 24.3 Å². The van der Waals surface area contributed by atoms with Gasteiger partial charge < -0.3 is 25.2 Å². The van der Waals surface area contributed by atoms with Crippen molar-refractivity contribution in [1.29, 1.82) is 0 Å². The molecule has 0 aliphatic carbocycles. The number of aromatic nitrogens is 1. The fourth-order valence-corrected chi connectivity index (χ4v) is 2.95. The Morgan fingerprint density at radius 1 is 1.22 bits per heavy atom. The van der Waals surface area contributed by atoms with Gasteiger partial charge in [0, 0.05) is 38.9 Å². The Bertz CT molecular complexity index is 932. The summed E-state index contributed by atoms with van der Waals surface area (Å²) in [5.41, 5.74) is 2.28. The van der Waals surface area contributed by atoms with Crippen molar-refractivity contribution in [2.24, 2.45) is 7.05 Å². The number of β-amino-alcohol motifs (C(OH)–C–C–N with tert-alkyl or cyclic N) is 1. The number of hydrogen-bond donors (Lipinski definition) is 3. The Hall–Kier alpha value is -3.13. The van der Waals surface area contributed by atoms with Crippen LogP contribution < -0.4 is 16.2 Å². The maximum Gasteiger partial charge on any atom is 0.319 e. The number of likely N-dealkylation sites (tertiary alicyclic amines) is 1. The first-order valence-corrected chi connectivity index (χ1v) is 8.62. The SMILES string of the molecule is CNC(=O)Nc1cc(-c2cccc(CC(=O)N3CC(O)C3)c2)cn(C)c1=O. The fourth-order valence-electron chi connectivity index (χ4n) is 2.95. The average molecular weight is 370 g/mol. The van der Waals surface area contributed by atoms with E-state index in [1.165, 1.54) is 11.6 Å². The molecule has 3 amide bonds. The van der Waals surface area contributed by atoms with Crippen LogP contribution in [-0.2, 0) is 18.3 Å². The third kappa shape index (κ3) is 4.17. The molecule has 0 spiro atoms. The molecule has 1 fully saturated rings. The Kier molecular flexibility index (Phi) is 5.27.